The number of hydrogen-bond donors (Lipinski definition) is 1. The predicted molar refractivity (Wildman–Crippen MR) is 23.7 cm³/mol. The van der Waals surface area contributed by atoms with Crippen molar-refractivity contribution in [3.05, 3.63) is 13.5 Å². The van der Waals surface area contributed by atoms with Crippen LogP contribution in [0.1, 0.15) is 12.8 Å². The highest BCUT2D eigenvalue weighted by atomic mass is 17.5. The van der Waals surface area contributed by atoms with Crippen molar-refractivity contribution in [2.24, 2.45) is 0 Å². The molecule has 0 amide bonds. The zero-order valence-electron chi connectivity index (χ0n) is 3.96. The molecule has 0 aromatic rings. The minimum Gasteiger partial charge on any atom is -0.221 e. The van der Waals surface area contributed by atoms with Crippen LogP contribution < -0.4 is 0 Å². The average molecular weight is 104 g/mol. The molecular formula is C4H8O3. The van der Waals surface area contributed by atoms with Crippen LogP contribution in [0.3, 0.4) is 0 Å². The Morgan fingerprint density at radius 1 is 1.71 bits per heavy atom. The van der Waals surface area contributed by atoms with E-state index in [4.69, 9.17) is 5.26 Å². The third-order valence-electron chi connectivity index (χ3n) is 0.433. The summed E-state index contributed by atoms with van der Waals surface area (Å²) < 4.78 is 0. The van der Waals surface area contributed by atoms with Crippen molar-refractivity contribution in [2.45, 2.75) is 12.8 Å². The average Bonchev–Trinajstić information content (AvgIpc) is 1.69. The standard InChI is InChI=1S/C4H8O3/c1-2-3-4-6-7-5/h4-5H,1-3H2. The van der Waals surface area contributed by atoms with Crippen LogP contribution in [0.15, 0.2) is 0 Å². The van der Waals surface area contributed by atoms with Gasteiger partial charge in [0.25, 0.3) is 0 Å². The lowest BCUT2D eigenvalue weighted by Crippen LogP contribution is -1.83. The molecule has 0 unspecified atom stereocenters. The van der Waals surface area contributed by atoms with Crippen molar-refractivity contribution in [3.63, 3.8) is 0 Å². The molecule has 0 aromatic heterocycles. The third-order valence-corrected chi connectivity index (χ3v) is 0.433. The molecule has 0 aromatic carbocycles. The molecule has 0 aliphatic heterocycles. The van der Waals surface area contributed by atoms with Gasteiger partial charge in [-0.25, -0.2) is 10.1 Å². The first-order valence-electron chi connectivity index (χ1n) is 1.99. The van der Waals surface area contributed by atoms with E-state index in [1.165, 1.54) is 6.61 Å². The van der Waals surface area contributed by atoms with Crippen LogP contribution in [0, 0.1) is 13.5 Å². The van der Waals surface area contributed by atoms with Crippen LogP contribution in [0.25, 0.3) is 0 Å². The van der Waals surface area contributed by atoms with Gasteiger partial charge in [-0.1, -0.05) is 18.4 Å². The minimum atomic E-state index is 0.681. The van der Waals surface area contributed by atoms with Crippen LogP contribution in [0.5, 0.6) is 0 Å². The van der Waals surface area contributed by atoms with E-state index in [0.29, 0.717) is 6.42 Å². The van der Waals surface area contributed by atoms with E-state index in [1.807, 2.05) is 0 Å². The molecule has 0 aliphatic rings. The lowest BCUT2D eigenvalue weighted by Gasteiger charge is -1.90. The first-order valence-corrected chi connectivity index (χ1v) is 1.99. The van der Waals surface area contributed by atoms with Gasteiger partial charge in [-0.3, -0.25) is 0 Å². The second-order valence-electron chi connectivity index (χ2n) is 0.980. The molecule has 42 valence electrons. The highest BCUT2D eigenvalue weighted by molar-refractivity contribution is 4.48. The minimum absolute atomic E-state index is 0.681. The molecule has 7 heavy (non-hydrogen) atoms. The monoisotopic (exact) mass is 104 g/mol. The van der Waals surface area contributed by atoms with Crippen LogP contribution in [0.2, 0.25) is 0 Å². The van der Waals surface area contributed by atoms with Gasteiger partial charge in [0.05, 0.1) is 0 Å². The maximum absolute atomic E-state index is 7.52. The van der Waals surface area contributed by atoms with Gasteiger partial charge in [0, 0.05) is 0 Å². The topological polar surface area (TPSA) is 38.7 Å². The first-order chi connectivity index (χ1) is 3.41. The van der Waals surface area contributed by atoms with Crippen LogP contribution in [0.4, 0.5) is 0 Å². The third kappa shape index (κ3) is 5.88. The Labute approximate surface area is 42.7 Å². The highest BCUT2D eigenvalue weighted by Gasteiger charge is 1.82. The van der Waals surface area contributed by atoms with E-state index < -0.39 is 0 Å². The Kier molecular flexibility index (Phi) is 5.78. The van der Waals surface area contributed by atoms with E-state index in [1.54, 1.807) is 0 Å². The molecule has 0 atom stereocenters. The summed E-state index contributed by atoms with van der Waals surface area (Å²) in [7, 11) is 0. The SMILES string of the molecule is [CH2]CC[CH]OOO. The predicted octanol–water partition coefficient (Wildman–Crippen LogP) is 1.18. The first kappa shape index (κ1) is 6.88. The molecule has 0 fully saturated rings. The fraction of sp³-hybridized carbons (Fsp3) is 0.500. The summed E-state index contributed by atoms with van der Waals surface area (Å²) in [6, 6.07) is 0. The Hall–Kier alpha value is -0.120. The molecular weight excluding hydrogens is 96.0 g/mol. The van der Waals surface area contributed by atoms with Gasteiger partial charge in [0.15, 0.2) is 0 Å². The second kappa shape index (κ2) is 5.88. The van der Waals surface area contributed by atoms with Gasteiger partial charge in [-0.15, -0.1) is 0 Å². The number of rotatable bonds is 4. The summed E-state index contributed by atoms with van der Waals surface area (Å²) in [5, 5.41) is 10.8. The second-order valence-corrected chi connectivity index (χ2v) is 0.980. The molecule has 0 spiro atoms. The molecule has 3 nitrogen and oxygen atoms in total. The molecule has 2 radical (unpaired) electrons. The summed E-state index contributed by atoms with van der Waals surface area (Å²) in [5.41, 5.74) is 0. The fourth-order valence-corrected chi connectivity index (χ4v) is 0.162. The van der Waals surface area contributed by atoms with Crippen molar-refractivity contribution >= 4 is 0 Å². The molecule has 1 N–H and O–H groups in total. The highest BCUT2D eigenvalue weighted by Crippen LogP contribution is 1.91. The van der Waals surface area contributed by atoms with Gasteiger partial charge in [0.2, 0.25) is 0 Å². The molecule has 0 saturated carbocycles. The van der Waals surface area contributed by atoms with Crippen molar-refractivity contribution in [1.82, 2.24) is 0 Å². The largest absolute Gasteiger partial charge is 0.221 e. The summed E-state index contributed by atoms with van der Waals surface area (Å²) in [6.45, 7) is 4.84. The zero-order chi connectivity index (χ0) is 5.54. The smallest absolute Gasteiger partial charge is 0.125 e. The van der Waals surface area contributed by atoms with Gasteiger partial charge >= 0.3 is 0 Å². The molecule has 0 aliphatic carbocycles. The van der Waals surface area contributed by atoms with E-state index >= 15 is 0 Å². The summed E-state index contributed by atoms with van der Waals surface area (Å²) in [6.07, 6.45) is 1.42. The lowest BCUT2D eigenvalue weighted by atomic mass is 10.4. The number of unbranched alkanes of at least 4 members (excludes halogenated alkanes) is 1. The lowest BCUT2D eigenvalue weighted by molar-refractivity contribution is -0.476. The fourth-order valence-electron chi connectivity index (χ4n) is 0.162. The Morgan fingerprint density at radius 2 is 2.43 bits per heavy atom. The van der Waals surface area contributed by atoms with Gasteiger partial charge in [-0.05, 0) is 6.42 Å². The summed E-state index contributed by atoms with van der Waals surface area (Å²) in [4.78, 5) is 3.96. The summed E-state index contributed by atoms with van der Waals surface area (Å²) in [5.74, 6) is 0. The van der Waals surface area contributed by atoms with Crippen LogP contribution in [-0.2, 0) is 9.93 Å². The summed E-state index contributed by atoms with van der Waals surface area (Å²) >= 11 is 0. The van der Waals surface area contributed by atoms with Gasteiger partial charge < -0.3 is 0 Å². The van der Waals surface area contributed by atoms with Crippen molar-refractivity contribution < 1.29 is 15.2 Å². The van der Waals surface area contributed by atoms with Crippen molar-refractivity contribution in [1.29, 1.82) is 0 Å². The maximum atomic E-state index is 7.52. The Bertz CT molecular complexity index is 26.1. The van der Waals surface area contributed by atoms with E-state index in [9.17, 15) is 0 Å². The van der Waals surface area contributed by atoms with E-state index in [0.717, 1.165) is 6.42 Å². The zero-order valence-corrected chi connectivity index (χ0v) is 3.96. The Morgan fingerprint density at radius 3 is 2.86 bits per heavy atom. The molecule has 0 rings (SSSR count). The molecule has 0 heterocycles. The maximum Gasteiger partial charge on any atom is 0.125 e. The van der Waals surface area contributed by atoms with Crippen LogP contribution >= 0.6 is 0 Å². The molecule has 0 bridgehead atoms. The van der Waals surface area contributed by atoms with Crippen LogP contribution in [-0.4, -0.2) is 5.26 Å². The molecule has 3 heteroatoms. The van der Waals surface area contributed by atoms with Crippen molar-refractivity contribution in [2.75, 3.05) is 0 Å². The Balaban J connectivity index is 2.45. The quantitative estimate of drug-likeness (QED) is 0.330. The van der Waals surface area contributed by atoms with E-state index in [-0.39, 0.29) is 0 Å². The van der Waals surface area contributed by atoms with Gasteiger partial charge in [0.1, 0.15) is 6.61 Å². The molecule has 0 saturated heterocycles. The van der Waals surface area contributed by atoms with Crippen molar-refractivity contribution in [3.8, 4) is 0 Å². The van der Waals surface area contributed by atoms with Gasteiger partial charge in [-0.2, -0.15) is 0 Å². The number of hydrogen-bond acceptors (Lipinski definition) is 3. The van der Waals surface area contributed by atoms with E-state index in [2.05, 4.69) is 16.8 Å². The normalized spacial score (nSPS) is 9.43.